The quantitative estimate of drug-likeness (QED) is 0.299. The normalized spacial score (nSPS) is 17.0. The fourth-order valence-electron chi connectivity index (χ4n) is 1.46. The summed E-state index contributed by atoms with van der Waals surface area (Å²) in [5, 5.41) is 26.5. The summed E-state index contributed by atoms with van der Waals surface area (Å²) in [4.78, 5) is 31.3. The molecule has 0 radical (unpaired) electrons. The van der Waals surface area contributed by atoms with Crippen LogP contribution in [0.2, 0.25) is 0 Å². The highest BCUT2D eigenvalue weighted by atomic mass is 124. The first-order valence-electron chi connectivity index (χ1n) is 5.92. The molecule has 1 aliphatic rings. The maximum absolute atomic E-state index is 10.8. The summed E-state index contributed by atoms with van der Waals surface area (Å²) in [5.41, 5.74) is 0.665. The van der Waals surface area contributed by atoms with E-state index in [1.807, 2.05) is 22.6 Å². The number of nitrogens with zero attached hydrogens (tertiary/aromatic N) is 1. The number of phenolic OH excluding ortho intramolecular Hbond substituents is 1. The van der Waals surface area contributed by atoms with Crippen LogP contribution in [-0.4, -0.2) is 38.3 Å². The number of hydroxylamine groups is 2. The van der Waals surface area contributed by atoms with Crippen molar-refractivity contribution in [2.24, 2.45) is 0 Å². The van der Waals surface area contributed by atoms with Crippen molar-refractivity contribution in [3.05, 3.63) is 29.8 Å². The minimum atomic E-state index is -0.939. The van der Waals surface area contributed by atoms with Crippen LogP contribution in [-0.2, 0) is 17.8 Å². The van der Waals surface area contributed by atoms with Crippen LogP contribution >= 0.6 is 22.6 Å². The van der Waals surface area contributed by atoms with Gasteiger partial charge in [0.1, 0.15) is 9.17 Å². The first-order valence-corrected chi connectivity index (χ1v) is 7.00. The lowest BCUT2D eigenvalue weighted by atomic mass is 10.0. The second kappa shape index (κ2) is 6.85. The molecule has 0 spiro atoms. The number of halogens is 1. The Morgan fingerprint density at radius 2 is 1.62 bits per heavy atom. The van der Waals surface area contributed by atoms with Crippen LogP contribution in [0.25, 0.3) is 0 Å². The summed E-state index contributed by atoms with van der Waals surface area (Å²) in [7, 11) is 0. The van der Waals surface area contributed by atoms with E-state index in [2.05, 4.69) is 0 Å². The lowest BCUT2D eigenvalue weighted by molar-refractivity contribution is -0.171. The Bertz CT molecular complexity index is 538. The van der Waals surface area contributed by atoms with Gasteiger partial charge in [-0.25, -0.2) is 0 Å². The predicted octanol–water partition coefficient (Wildman–Crippen LogP) is 1.65. The van der Waals surface area contributed by atoms with Crippen molar-refractivity contribution < 1.29 is 29.8 Å². The van der Waals surface area contributed by atoms with Crippen molar-refractivity contribution in [1.82, 2.24) is 5.06 Å². The highest BCUT2D eigenvalue weighted by molar-refractivity contribution is 14.1. The van der Waals surface area contributed by atoms with Gasteiger partial charge in [0.25, 0.3) is 11.8 Å². The van der Waals surface area contributed by atoms with E-state index in [0.29, 0.717) is 5.56 Å². The second-order valence-electron chi connectivity index (χ2n) is 4.45. The number of benzene rings is 1. The van der Waals surface area contributed by atoms with Gasteiger partial charge in [-0.2, -0.15) is 5.06 Å². The molecule has 1 aromatic rings. The molecule has 1 heterocycles. The molecule has 0 aliphatic carbocycles. The highest BCUT2D eigenvalue weighted by Gasteiger charge is 2.31. The van der Waals surface area contributed by atoms with Crippen LogP contribution in [0.1, 0.15) is 25.3 Å². The summed E-state index contributed by atoms with van der Waals surface area (Å²) in [6, 6.07) is 6.18. The molecule has 2 amide bonds. The van der Waals surface area contributed by atoms with E-state index in [-0.39, 0.29) is 23.7 Å². The Balaban J connectivity index is 0.000000235. The van der Waals surface area contributed by atoms with Crippen LogP contribution in [0.5, 0.6) is 5.75 Å². The second-order valence-corrected chi connectivity index (χ2v) is 6.61. The number of aliphatic carboxylic acids is 1. The molecular formula is C13H14INO6. The zero-order chi connectivity index (χ0) is 16.2. The number of hydrogen-bond donors (Lipinski definition) is 3. The molecule has 2 rings (SSSR count). The number of rotatable bonds is 2. The third kappa shape index (κ3) is 4.39. The van der Waals surface area contributed by atoms with E-state index in [4.69, 9.17) is 15.4 Å². The Morgan fingerprint density at radius 3 is 1.90 bits per heavy atom. The molecule has 0 saturated carbocycles. The van der Waals surface area contributed by atoms with Gasteiger partial charge in [0.05, 0.1) is 0 Å². The first kappa shape index (κ1) is 17.4. The highest BCUT2D eigenvalue weighted by Crippen LogP contribution is 2.32. The molecule has 1 atom stereocenters. The van der Waals surface area contributed by atoms with E-state index in [1.165, 1.54) is 12.1 Å². The monoisotopic (exact) mass is 404 g/mol. The number of imide groups is 1. The van der Waals surface area contributed by atoms with Gasteiger partial charge in [-0.3, -0.25) is 19.6 Å². The summed E-state index contributed by atoms with van der Waals surface area (Å²) in [6.45, 7) is 1.61. The minimum Gasteiger partial charge on any atom is -0.508 e. The maximum Gasteiger partial charge on any atom is 0.323 e. The van der Waals surface area contributed by atoms with Crippen LogP contribution in [0.3, 0.4) is 0 Å². The van der Waals surface area contributed by atoms with E-state index >= 15 is 0 Å². The average Bonchev–Trinajstić information content (AvgIpc) is 2.71. The smallest absolute Gasteiger partial charge is 0.323 e. The molecule has 1 saturated heterocycles. The number of carboxylic acids is 1. The number of alkyl halides is 1. The Labute approximate surface area is 134 Å². The summed E-state index contributed by atoms with van der Waals surface area (Å²) in [6.07, 6.45) is 0.296. The third-order valence-electron chi connectivity index (χ3n) is 2.84. The van der Waals surface area contributed by atoms with Crippen molar-refractivity contribution >= 4 is 40.4 Å². The molecule has 21 heavy (non-hydrogen) atoms. The Morgan fingerprint density at radius 1 is 1.19 bits per heavy atom. The maximum atomic E-state index is 10.8. The molecule has 114 valence electrons. The molecule has 1 aliphatic heterocycles. The van der Waals surface area contributed by atoms with Gasteiger partial charge in [0.15, 0.2) is 0 Å². The number of phenols is 1. The number of carbonyl (C=O) groups excluding carboxylic acids is 2. The molecule has 1 fully saturated rings. The SMILES string of the molecule is CC([124I])(C(=O)O)c1ccc(O)cc1.O=C1CCC(=O)N1O. The zero-order valence-corrected chi connectivity index (χ0v) is 13.3. The minimum absolute atomic E-state index is 0.140. The van der Waals surface area contributed by atoms with Crippen LogP contribution in [0, 0.1) is 0 Å². The van der Waals surface area contributed by atoms with Crippen LogP contribution < -0.4 is 0 Å². The van der Waals surface area contributed by atoms with Gasteiger partial charge in [-0.1, -0.05) is 34.7 Å². The molecule has 1 unspecified atom stereocenters. The van der Waals surface area contributed by atoms with Crippen LogP contribution in [0.15, 0.2) is 24.3 Å². The Kier molecular flexibility index (Phi) is 5.67. The van der Waals surface area contributed by atoms with Gasteiger partial charge in [0.2, 0.25) is 0 Å². The topological polar surface area (TPSA) is 115 Å². The van der Waals surface area contributed by atoms with Crippen molar-refractivity contribution in [2.45, 2.75) is 23.2 Å². The van der Waals surface area contributed by atoms with Gasteiger partial charge in [-0.15, -0.1) is 0 Å². The molecule has 0 bridgehead atoms. The Hall–Kier alpha value is -1.68. The zero-order valence-electron chi connectivity index (χ0n) is 11.1. The fraction of sp³-hybridized carbons (Fsp3) is 0.308. The number of amides is 2. The molecular weight excluding hydrogens is 390 g/mol. The molecule has 8 heteroatoms. The van der Waals surface area contributed by atoms with Gasteiger partial charge in [-0.05, 0) is 24.6 Å². The average molecular weight is 404 g/mol. The largest absolute Gasteiger partial charge is 0.508 e. The number of carbonyl (C=O) groups is 3. The molecule has 1 aromatic carbocycles. The van der Waals surface area contributed by atoms with Gasteiger partial charge in [0, 0.05) is 12.8 Å². The van der Waals surface area contributed by atoms with E-state index in [9.17, 15) is 14.4 Å². The number of aromatic hydroxyl groups is 1. The first-order chi connectivity index (χ1) is 9.66. The number of carboxylic acid groups (broad SMARTS) is 1. The lowest BCUT2D eigenvalue weighted by Gasteiger charge is -2.17. The molecule has 0 aromatic heterocycles. The standard InChI is InChI=1S/C9H9IO3.C4H5NO3/c1-9(10,8(12)13)6-2-4-7(11)5-3-6;6-3-1-2-4(7)5(3)8/h2-5,11H,1H3,(H,12,13);8H,1-2H2/i10-3;. The molecule has 7 nitrogen and oxygen atoms in total. The predicted molar refractivity (Wildman–Crippen MR) is 80.0 cm³/mol. The van der Waals surface area contributed by atoms with E-state index in [1.54, 1.807) is 19.1 Å². The third-order valence-corrected chi connectivity index (χ3v) is 3.92. The van der Waals surface area contributed by atoms with E-state index in [0.717, 1.165) is 0 Å². The van der Waals surface area contributed by atoms with Crippen LogP contribution in [0.4, 0.5) is 0 Å². The van der Waals surface area contributed by atoms with Gasteiger partial charge >= 0.3 is 5.97 Å². The summed E-state index contributed by atoms with van der Waals surface area (Å²) in [5.74, 6) is -1.76. The lowest BCUT2D eigenvalue weighted by Crippen LogP contribution is -2.24. The molecule has 3 N–H and O–H groups in total. The van der Waals surface area contributed by atoms with Crippen molar-refractivity contribution in [2.75, 3.05) is 0 Å². The van der Waals surface area contributed by atoms with Crippen molar-refractivity contribution in [3.63, 3.8) is 0 Å². The van der Waals surface area contributed by atoms with E-state index < -0.39 is 21.2 Å². The number of hydrogen-bond acceptors (Lipinski definition) is 5. The van der Waals surface area contributed by atoms with Crippen molar-refractivity contribution in [3.8, 4) is 5.75 Å². The summed E-state index contributed by atoms with van der Waals surface area (Å²) >= 11 is 1.86. The summed E-state index contributed by atoms with van der Waals surface area (Å²) < 4.78 is -0.939. The van der Waals surface area contributed by atoms with Gasteiger partial charge < -0.3 is 10.2 Å². The van der Waals surface area contributed by atoms with Crippen molar-refractivity contribution in [1.29, 1.82) is 0 Å². The fourth-order valence-corrected chi connectivity index (χ4v) is 1.82.